The second kappa shape index (κ2) is 10.8. The number of rotatable bonds is 9. The van der Waals surface area contributed by atoms with Gasteiger partial charge in [0.15, 0.2) is 0 Å². The Bertz CT molecular complexity index is 1050. The fraction of sp³-hybridized carbons (Fsp3) is 0.435. The van der Waals surface area contributed by atoms with Gasteiger partial charge in [-0.1, -0.05) is 69.1 Å². The first-order chi connectivity index (χ1) is 14.9. The van der Waals surface area contributed by atoms with Crippen molar-refractivity contribution < 1.29 is 17.9 Å². The summed E-state index contributed by atoms with van der Waals surface area (Å²) in [7, 11) is -3.76. The van der Waals surface area contributed by atoms with Gasteiger partial charge in [-0.25, -0.2) is 8.42 Å². The summed E-state index contributed by atoms with van der Waals surface area (Å²) >= 11 is 12.0. The van der Waals surface area contributed by atoms with Crippen LogP contribution in [-0.2, 0) is 20.2 Å². The minimum absolute atomic E-state index is 0.0804. The molecule has 0 fully saturated rings. The second-order valence-electron chi connectivity index (χ2n) is 8.47. The van der Waals surface area contributed by atoms with E-state index < -0.39 is 22.0 Å². The van der Waals surface area contributed by atoms with E-state index in [2.05, 4.69) is 26.1 Å². The smallest absolute Gasteiger partial charge is 0.244 e. The molecule has 9 heteroatoms. The number of hydrogen-bond acceptors (Lipinski definition) is 4. The van der Waals surface area contributed by atoms with E-state index in [0.29, 0.717) is 5.02 Å². The standard InChI is InChI=1S/C23H30Cl2N2O4S/c1-6-20(27(32(5,29)30)16-11-12-18(24)19(25)15-16)22(28)26-13-14-31-21-10-8-7-9-17(21)23(2,3)4/h7-12,15,20H,6,13-14H2,1-5H3,(H,26,28)/t20-/m1/s1. The van der Waals surface area contributed by atoms with Crippen LogP contribution < -0.4 is 14.4 Å². The van der Waals surface area contributed by atoms with Crippen LogP contribution in [0.25, 0.3) is 0 Å². The van der Waals surface area contributed by atoms with E-state index >= 15 is 0 Å². The van der Waals surface area contributed by atoms with Crippen molar-refractivity contribution >= 4 is 44.8 Å². The van der Waals surface area contributed by atoms with Crippen LogP contribution in [0.15, 0.2) is 42.5 Å². The summed E-state index contributed by atoms with van der Waals surface area (Å²) in [5, 5.41) is 3.29. The Morgan fingerprint density at radius 2 is 1.78 bits per heavy atom. The topological polar surface area (TPSA) is 75.7 Å². The van der Waals surface area contributed by atoms with Crippen molar-refractivity contribution in [2.24, 2.45) is 0 Å². The zero-order chi connectivity index (χ0) is 24.1. The van der Waals surface area contributed by atoms with E-state index in [0.717, 1.165) is 21.9 Å². The molecule has 0 aromatic heterocycles. The molecule has 2 aromatic carbocycles. The molecule has 2 rings (SSSR count). The molecule has 6 nitrogen and oxygen atoms in total. The van der Waals surface area contributed by atoms with Crippen LogP contribution in [0.1, 0.15) is 39.7 Å². The molecule has 0 saturated carbocycles. The summed E-state index contributed by atoms with van der Waals surface area (Å²) in [6.45, 7) is 8.53. The highest BCUT2D eigenvalue weighted by atomic mass is 35.5. The molecular weight excluding hydrogens is 471 g/mol. The number of benzene rings is 2. The van der Waals surface area contributed by atoms with Gasteiger partial charge >= 0.3 is 0 Å². The lowest BCUT2D eigenvalue weighted by atomic mass is 9.86. The zero-order valence-corrected chi connectivity index (χ0v) is 21.3. The molecule has 0 aliphatic heterocycles. The van der Waals surface area contributed by atoms with Crippen molar-refractivity contribution in [2.45, 2.75) is 45.6 Å². The van der Waals surface area contributed by atoms with Gasteiger partial charge in [-0.3, -0.25) is 9.10 Å². The number of nitrogens with one attached hydrogen (secondary N) is 1. The van der Waals surface area contributed by atoms with E-state index in [1.54, 1.807) is 6.92 Å². The first-order valence-corrected chi connectivity index (χ1v) is 12.9. The summed E-state index contributed by atoms with van der Waals surface area (Å²) < 4.78 is 32.0. The number of carbonyl (C=O) groups excluding carboxylic acids is 1. The lowest BCUT2D eigenvalue weighted by Crippen LogP contribution is -2.50. The largest absolute Gasteiger partial charge is 0.491 e. The number of sulfonamides is 1. The van der Waals surface area contributed by atoms with Crippen LogP contribution in [0.3, 0.4) is 0 Å². The fourth-order valence-corrected chi connectivity index (χ4v) is 4.84. The Morgan fingerprint density at radius 3 is 2.34 bits per heavy atom. The maximum atomic E-state index is 12.9. The molecule has 0 aliphatic rings. The number of amides is 1. The molecule has 0 saturated heterocycles. The number of carbonyl (C=O) groups is 1. The average molecular weight is 501 g/mol. The first kappa shape index (κ1) is 26.3. The molecule has 0 radical (unpaired) electrons. The highest BCUT2D eigenvalue weighted by molar-refractivity contribution is 7.92. The average Bonchev–Trinajstić information content (AvgIpc) is 2.70. The minimum atomic E-state index is -3.76. The van der Waals surface area contributed by atoms with Gasteiger partial charge in [0.2, 0.25) is 15.9 Å². The van der Waals surface area contributed by atoms with Gasteiger partial charge in [-0.05, 0) is 41.7 Å². The monoisotopic (exact) mass is 500 g/mol. The van der Waals surface area contributed by atoms with Crippen molar-refractivity contribution in [1.82, 2.24) is 5.32 Å². The van der Waals surface area contributed by atoms with Crippen molar-refractivity contribution in [3.63, 3.8) is 0 Å². The molecular formula is C23H30Cl2N2O4S. The molecule has 1 atom stereocenters. The van der Waals surface area contributed by atoms with Gasteiger partial charge in [-0.15, -0.1) is 0 Å². The Labute approximate surface area is 200 Å². The van der Waals surface area contributed by atoms with Gasteiger partial charge in [-0.2, -0.15) is 0 Å². The highest BCUT2D eigenvalue weighted by Gasteiger charge is 2.31. The highest BCUT2D eigenvalue weighted by Crippen LogP contribution is 2.31. The van der Waals surface area contributed by atoms with E-state index in [-0.39, 0.29) is 35.7 Å². The number of ether oxygens (including phenoxy) is 1. The Kier molecular flexibility index (Phi) is 8.85. The summed E-state index contributed by atoms with van der Waals surface area (Å²) in [4.78, 5) is 12.9. The van der Waals surface area contributed by atoms with E-state index in [1.165, 1.54) is 18.2 Å². The summed E-state index contributed by atoms with van der Waals surface area (Å²) in [5.41, 5.74) is 1.27. The van der Waals surface area contributed by atoms with Crippen molar-refractivity contribution in [3.05, 3.63) is 58.1 Å². The normalized spacial score (nSPS) is 12.8. The maximum Gasteiger partial charge on any atom is 0.244 e. The zero-order valence-electron chi connectivity index (χ0n) is 19.0. The van der Waals surface area contributed by atoms with Gasteiger partial charge < -0.3 is 10.1 Å². The second-order valence-corrected chi connectivity index (χ2v) is 11.1. The maximum absolute atomic E-state index is 12.9. The van der Waals surface area contributed by atoms with Gasteiger partial charge in [0, 0.05) is 0 Å². The summed E-state index contributed by atoms with van der Waals surface area (Å²) in [6, 6.07) is 11.3. The van der Waals surface area contributed by atoms with Gasteiger partial charge in [0.1, 0.15) is 18.4 Å². The van der Waals surface area contributed by atoms with Crippen molar-refractivity contribution in [2.75, 3.05) is 23.7 Å². The van der Waals surface area contributed by atoms with E-state index in [1.807, 2.05) is 24.3 Å². The molecule has 176 valence electrons. The predicted molar refractivity (Wildman–Crippen MR) is 132 cm³/mol. The van der Waals surface area contributed by atoms with Crippen LogP contribution in [0.5, 0.6) is 5.75 Å². The lowest BCUT2D eigenvalue weighted by Gasteiger charge is -2.30. The SMILES string of the molecule is CC[C@H](C(=O)NCCOc1ccccc1C(C)(C)C)N(c1ccc(Cl)c(Cl)c1)S(C)(=O)=O. The lowest BCUT2D eigenvalue weighted by molar-refractivity contribution is -0.122. The van der Waals surface area contributed by atoms with E-state index in [9.17, 15) is 13.2 Å². The molecule has 0 heterocycles. The van der Waals surface area contributed by atoms with Gasteiger partial charge in [0.05, 0.1) is 28.5 Å². The van der Waals surface area contributed by atoms with Gasteiger partial charge in [0.25, 0.3) is 0 Å². The number of nitrogens with zero attached hydrogens (tertiary/aromatic N) is 1. The molecule has 2 aromatic rings. The van der Waals surface area contributed by atoms with Crippen LogP contribution >= 0.6 is 23.2 Å². The Hall–Kier alpha value is -1.96. The van der Waals surface area contributed by atoms with Crippen molar-refractivity contribution in [3.8, 4) is 5.75 Å². The first-order valence-electron chi connectivity index (χ1n) is 10.3. The molecule has 1 amide bonds. The van der Waals surface area contributed by atoms with E-state index in [4.69, 9.17) is 27.9 Å². The number of anilines is 1. The number of hydrogen-bond donors (Lipinski definition) is 1. The number of para-hydroxylation sites is 1. The third kappa shape index (κ3) is 6.77. The Morgan fingerprint density at radius 1 is 1.12 bits per heavy atom. The number of halogens is 2. The van der Waals surface area contributed by atoms with Crippen LogP contribution in [0.4, 0.5) is 5.69 Å². The molecule has 0 bridgehead atoms. The quantitative estimate of drug-likeness (QED) is 0.489. The van der Waals surface area contributed by atoms with Crippen LogP contribution in [0.2, 0.25) is 10.0 Å². The molecule has 0 spiro atoms. The molecule has 32 heavy (non-hydrogen) atoms. The third-order valence-electron chi connectivity index (χ3n) is 4.84. The Balaban J connectivity index is 2.11. The van der Waals surface area contributed by atoms with Crippen LogP contribution in [0, 0.1) is 0 Å². The fourth-order valence-electron chi connectivity index (χ4n) is 3.35. The van der Waals surface area contributed by atoms with Crippen molar-refractivity contribution in [1.29, 1.82) is 0 Å². The third-order valence-corrected chi connectivity index (χ3v) is 6.76. The molecule has 0 aliphatic carbocycles. The molecule has 1 N–H and O–H groups in total. The van der Waals surface area contributed by atoms with Crippen LogP contribution in [-0.4, -0.2) is 39.8 Å². The summed E-state index contributed by atoms with van der Waals surface area (Å²) in [6.07, 6.45) is 1.32. The predicted octanol–water partition coefficient (Wildman–Crippen LogP) is 5.03. The molecule has 0 unspecified atom stereocenters. The summed E-state index contributed by atoms with van der Waals surface area (Å²) in [5.74, 6) is 0.339. The minimum Gasteiger partial charge on any atom is -0.491 e.